The summed E-state index contributed by atoms with van der Waals surface area (Å²) in [6.07, 6.45) is 0. The maximum absolute atomic E-state index is 12.5. The Morgan fingerprint density at radius 1 is 1.04 bits per heavy atom. The standard InChI is InChI=1S/C18H17Cl2N3O3S/c19-15-2-1-3-16(20)18(15)27-12-17(24)22-10-8-21(9-11-22)13-4-6-14(7-5-13)23(25)26/h1-7H,8-12H2. The van der Waals surface area contributed by atoms with Crippen molar-refractivity contribution < 1.29 is 9.72 Å². The second kappa shape index (κ2) is 8.82. The van der Waals surface area contributed by atoms with Crippen LogP contribution in [-0.4, -0.2) is 47.7 Å². The zero-order valence-electron chi connectivity index (χ0n) is 14.3. The number of piperazine rings is 1. The van der Waals surface area contributed by atoms with Gasteiger partial charge >= 0.3 is 0 Å². The van der Waals surface area contributed by atoms with E-state index >= 15 is 0 Å². The molecular weight excluding hydrogens is 409 g/mol. The molecule has 0 bridgehead atoms. The van der Waals surface area contributed by atoms with Crippen LogP contribution in [0.15, 0.2) is 47.4 Å². The van der Waals surface area contributed by atoms with Gasteiger partial charge in [-0.2, -0.15) is 0 Å². The van der Waals surface area contributed by atoms with E-state index in [2.05, 4.69) is 4.90 Å². The largest absolute Gasteiger partial charge is 0.368 e. The molecule has 1 amide bonds. The Hall–Kier alpha value is -1.96. The number of amides is 1. The lowest BCUT2D eigenvalue weighted by molar-refractivity contribution is -0.384. The normalized spacial score (nSPS) is 14.3. The van der Waals surface area contributed by atoms with Gasteiger partial charge in [-0.05, 0) is 24.3 Å². The van der Waals surface area contributed by atoms with Crippen LogP contribution in [0.4, 0.5) is 11.4 Å². The van der Waals surface area contributed by atoms with Gasteiger partial charge in [-0.15, -0.1) is 11.8 Å². The van der Waals surface area contributed by atoms with Crippen LogP contribution in [0.1, 0.15) is 0 Å². The molecule has 2 aromatic rings. The summed E-state index contributed by atoms with van der Waals surface area (Å²) >= 11 is 13.6. The molecule has 0 radical (unpaired) electrons. The summed E-state index contributed by atoms with van der Waals surface area (Å²) in [7, 11) is 0. The predicted molar refractivity (Wildman–Crippen MR) is 109 cm³/mol. The minimum Gasteiger partial charge on any atom is -0.368 e. The van der Waals surface area contributed by atoms with Crippen LogP contribution in [0.3, 0.4) is 0 Å². The summed E-state index contributed by atoms with van der Waals surface area (Å²) < 4.78 is 0. The summed E-state index contributed by atoms with van der Waals surface area (Å²) in [5.41, 5.74) is 0.993. The molecule has 9 heteroatoms. The number of thioether (sulfide) groups is 1. The van der Waals surface area contributed by atoms with Crippen LogP contribution >= 0.6 is 35.0 Å². The van der Waals surface area contributed by atoms with Gasteiger partial charge in [-0.25, -0.2) is 0 Å². The average molecular weight is 426 g/mol. The fourth-order valence-corrected chi connectivity index (χ4v) is 4.43. The van der Waals surface area contributed by atoms with E-state index in [0.717, 1.165) is 10.6 Å². The number of carbonyl (C=O) groups is 1. The molecule has 1 fully saturated rings. The van der Waals surface area contributed by atoms with Crippen molar-refractivity contribution in [3.8, 4) is 0 Å². The lowest BCUT2D eigenvalue weighted by atomic mass is 10.2. The molecule has 1 saturated heterocycles. The first-order chi connectivity index (χ1) is 13.0. The molecule has 1 aliphatic heterocycles. The number of nitro groups is 1. The number of non-ortho nitro benzene ring substituents is 1. The Morgan fingerprint density at radius 2 is 1.63 bits per heavy atom. The maximum Gasteiger partial charge on any atom is 0.269 e. The number of halogens is 2. The highest BCUT2D eigenvalue weighted by Gasteiger charge is 2.22. The first-order valence-electron chi connectivity index (χ1n) is 8.29. The molecule has 0 unspecified atom stereocenters. The Morgan fingerprint density at radius 3 is 2.19 bits per heavy atom. The van der Waals surface area contributed by atoms with Gasteiger partial charge in [0.1, 0.15) is 0 Å². The molecule has 142 valence electrons. The summed E-state index contributed by atoms with van der Waals surface area (Å²) in [5.74, 6) is 0.320. The van der Waals surface area contributed by atoms with E-state index in [1.165, 1.54) is 23.9 Å². The minimum atomic E-state index is -0.413. The van der Waals surface area contributed by atoms with Gasteiger partial charge in [0.15, 0.2) is 0 Å². The Kier molecular flexibility index (Phi) is 6.46. The van der Waals surface area contributed by atoms with Crippen molar-refractivity contribution in [3.63, 3.8) is 0 Å². The lowest BCUT2D eigenvalue weighted by Crippen LogP contribution is -2.49. The van der Waals surface area contributed by atoms with Crippen LogP contribution in [0.5, 0.6) is 0 Å². The number of nitrogens with zero attached hydrogens (tertiary/aromatic N) is 3. The molecule has 6 nitrogen and oxygen atoms in total. The van der Waals surface area contributed by atoms with E-state index < -0.39 is 4.92 Å². The molecule has 3 rings (SSSR count). The van der Waals surface area contributed by atoms with Crippen LogP contribution in [0, 0.1) is 10.1 Å². The SMILES string of the molecule is O=C(CSc1c(Cl)cccc1Cl)N1CCN(c2ccc([N+](=O)[O-])cc2)CC1. The van der Waals surface area contributed by atoms with Crippen molar-refractivity contribution in [3.05, 3.63) is 62.6 Å². The Bertz CT molecular complexity index is 820. The highest BCUT2D eigenvalue weighted by molar-refractivity contribution is 8.00. The van der Waals surface area contributed by atoms with Gasteiger partial charge in [0.2, 0.25) is 5.91 Å². The van der Waals surface area contributed by atoms with Crippen molar-refractivity contribution in [2.75, 3.05) is 36.8 Å². The number of nitro benzene ring substituents is 1. The van der Waals surface area contributed by atoms with Crippen LogP contribution in [0.25, 0.3) is 0 Å². The van der Waals surface area contributed by atoms with Crippen molar-refractivity contribution >= 4 is 52.2 Å². The molecule has 0 aromatic heterocycles. The number of hydrogen-bond donors (Lipinski definition) is 0. The molecular formula is C18H17Cl2N3O3S. The van der Waals surface area contributed by atoms with Crippen molar-refractivity contribution in [1.82, 2.24) is 4.90 Å². The fourth-order valence-electron chi connectivity index (χ4n) is 2.84. The predicted octanol–water partition coefficient (Wildman–Crippen LogP) is 4.34. The van der Waals surface area contributed by atoms with Crippen molar-refractivity contribution in [2.24, 2.45) is 0 Å². The first-order valence-corrected chi connectivity index (χ1v) is 10.0. The van der Waals surface area contributed by atoms with Gasteiger partial charge in [0.05, 0.1) is 20.7 Å². The summed E-state index contributed by atoms with van der Waals surface area (Å²) in [6.45, 7) is 2.57. The Balaban J connectivity index is 1.52. The highest BCUT2D eigenvalue weighted by atomic mass is 35.5. The first kappa shape index (κ1) is 19.8. The van der Waals surface area contributed by atoms with Gasteiger partial charge in [0, 0.05) is 48.9 Å². The zero-order valence-corrected chi connectivity index (χ0v) is 16.6. The fraction of sp³-hybridized carbons (Fsp3) is 0.278. The third-order valence-corrected chi connectivity index (χ3v) is 6.29. The van der Waals surface area contributed by atoms with E-state index in [4.69, 9.17) is 23.2 Å². The summed E-state index contributed by atoms with van der Waals surface area (Å²) in [6, 6.07) is 11.8. The van der Waals surface area contributed by atoms with Gasteiger partial charge in [0.25, 0.3) is 5.69 Å². The third kappa shape index (κ3) is 4.86. The number of anilines is 1. The molecule has 0 N–H and O–H groups in total. The molecule has 2 aromatic carbocycles. The Labute approximate surface area is 171 Å². The average Bonchev–Trinajstić information content (AvgIpc) is 2.67. The van der Waals surface area contributed by atoms with E-state index in [-0.39, 0.29) is 17.3 Å². The molecule has 0 atom stereocenters. The monoisotopic (exact) mass is 425 g/mol. The molecule has 0 saturated carbocycles. The van der Waals surface area contributed by atoms with Crippen molar-refractivity contribution in [2.45, 2.75) is 4.90 Å². The highest BCUT2D eigenvalue weighted by Crippen LogP contribution is 2.34. The van der Waals surface area contributed by atoms with E-state index in [1.807, 2.05) is 4.90 Å². The smallest absolute Gasteiger partial charge is 0.269 e. The molecule has 27 heavy (non-hydrogen) atoms. The third-order valence-electron chi connectivity index (χ3n) is 4.32. The number of carbonyl (C=O) groups excluding carboxylic acids is 1. The van der Waals surface area contributed by atoms with Gasteiger partial charge < -0.3 is 9.80 Å². The molecule has 0 spiro atoms. The minimum absolute atomic E-state index is 0.0411. The zero-order chi connectivity index (χ0) is 19.4. The van der Waals surface area contributed by atoms with Crippen LogP contribution in [-0.2, 0) is 4.79 Å². The van der Waals surface area contributed by atoms with E-state index in [0.29, 0.717) is 36.2 Å². The number of benzene rings is 2. The topological polar surface area (TPSA) is 66.7 Å². The van der Waals surface area contributed by atoms with Gasteiger partial charge in [-0.1, -0.05) is 29.3 Å². The van der Waals surface area contributed by atoms with E-state index in [9.17, 15) is 14.9 Å². The van der Waals surface area contributed by atoms with Crippen LogP contribution in [0.2, 0.25) is 10.0 Å². The summed E-state index contributed by atoms with van der Waals surface area (Å²) in [4.78, 5) is 27.5. The van der Waals surface area contributed by atoms with E-state index in [1.54, 1.807) is 30.3 Å². The van der Waals surface area contributed by atoms with Crippen molar-refractivity contribution in [1.29, 1.82) is 0 Å². The number of hydrogen-bond acceptors (Lipinski definition) is 5. The molecule has 0 aliphatic carbocycles. The second-order valence-corrected chi connectivity index (χ2v) is 7.78. The molecule has 1 heterocycles. The number of rotatable bonds is 5. The molecule has 1 aliphatic rings. The lowest BCUT2D eigenvalue weighted by Gasteiger charge is -2.36. The maximum atomic E-state index is 12.5. The van der Waals surface area contributed by atoms with Crippen LogP contribution < -0.4 is 4.90 Å². The van der Waals surface area contributed by atoms with Gasteiger partial charge in [-0.3, -0.25) is 14.9 Å². The quantitative estimate of drug-likeness (QED) is 0.404. The summed E-state index contributed by atoms with van der Waals surface area (Å²) in [5, 5.41) is 11.8. The second-order valence-electron chi connectivity index (χ2n) is 5.98.